The third kappa shape index (κ3) is 7.81. The van der Waals surface area contributed by atoms with E-state index in [0.717, 1.165) is 12.0 Å². The van der Waals surface area contributed by atoms with E-state index in [-0.39, 0.29) is 18.8 Å². The van der Waals surface area contributed by atoms with Crippen LogP contribution in [0.1, 0.15) is 23.1 Å². The third-order valence-corrected chi connectivity index (χ3v) is 5.65. The topological polar surface area (TPSA) is 116 Å². The zero-order chi connectivity index (χ0) is 26.6. The van der Waals surface area contributed by atoms with Gasteiger partial charge in [0.05, 0.1) is 13.7 Å². The number of hydrogen-bond acceptors (Lipinski definition) is 9. The minimum absolute atomic E-state index is 0.0783. The number of hydrogen-bond donors (Lipinski definition) is 1. The number of aryl methyl sites for hydroxylation is 1. The molecule has 0 fully saturated rings. The second-order valence-electron chi connectivity index (χ2n) is 7.56. The van der Waals surface area contributed by atoms with E-state index in [1.165, 1.54) is 17.4 Å². The van der Waals surface area contributed by atoms with Gasteiger partial charge in [0.25, 0.3) is 5.91 Å². The first-order chi connectivity index (χ1) is 18.0. The molecule has 1 aromatic heterocycles. The van der Waals surface area contributed by atoms with Crippen LogP contribution >= 0.6 is 11.3 Å². The fourth-order valence-corrected chi connectivity index (χ4v) is 3.84. The molecule has 0 spiro atoms. The number of ether oxygens (including phenoxy) is 4. The molecule has 0 atom stereocenters. The molecule has 3 rings (SSSR count). The number of carbonyl (C=O) groups excluding carboxylic acids is 1. The zero-order valence-electron chi connectivity index (χ0n) is 20.9. The monoisotopic (exact) mass is 520 g/mol. The summed E-state index contributed by atoms with van der Waals surface area (Å²) >= 11 is 1.23. The molecule has 1 amide bonds. The highest BCUT2D eigenvalue weighted by atomic mass is 32.1. The van der Waals surface area contributed by atoms with Gasteiger partial charge in [-0.15, -0.1) is 16.8 Å². The first kappa shape index (κ1) is 27.2. The Morgan fingerprint density at radius 1 is 1.08 bits per heavy atom. The highest BCUT2D eigenvalue weighted by molar-refractivity contribution is 7.15. The lowest BCUT2D eigenvalue weighted by molar-refractivity contribution is -0.112. The van der Waals surface area contributed by atoms with E-state index in [1.54, 1.807) is 32.2 Å². The number of anilines is 1. The average Bonchev–Trinajstić information content (AvgIpc) is 3.31. The summed E-state index contributed by atoms with van der Waals surface area (Å²) in [6, 6.07) is 12.8. The number of aromatic nitrogens is 2. The van der Waals surface area contributed by atoms with Crippen LogP contribution in [0.3, 0.4) is 0 Å². The number of methoxy groups -OCH3 is 1. The summed E-state index contributed by atoms with van der Waals surface area (Å²) in [5.74, 6) is 1.70. The van der Waals surface area contributed by atoms with E-state index in [1.807, 2.05) is 37.3 Å². The number of carbonyl (C=O) groups is 1. The molecule has 0 bridgehead atoms. The SMILES string of the molecule is C=CCc1ccc(OCCOc2ccc(/C=C(/C#N)C(=O)Nc3nnc(C)s3)cc2OCC)c(OC)c1. The van der Waals surface area contributed by atoms with Crippen LogP contribution in [-0.4, -0.2) is 43.0 Å². The van der Waals surface area contributed by atoms with Gasteiger partial charge in [0.1, 0.15) is 29.9 Å². The Kier molecular flexibility index (Phi) is 10.0. The Balaban J connectivity index is 1.65. The predicted octanol–water partition coefficient (Wildman–Crippen LogP) is 4.99. The van der Waals surface area contributed by atoms with E-state index in [2.05, 4.69) is 22.1 Å². The Labute approximate surface area is 220 Å². The summed E-state index contributed by atoms with van der Waals surface area (Å²) in [5, 5.41) is 20.8. The van der Waals surface area contributed by atoms with Gasteiger partial charge in [0, 0.05) is 0 Å². The molecular formula is C27H28N4O5S. The fourth-order valence-electron chi connectivity index (χ4n) is 3.26. The van der Waals surface area contributed by atoms with Crippen molar-refractivity contribution in [2.45, 2.75) is 20.3 Å². The highest BCUT2D eigenvalue weighted by Gasteiger charge is 2.14. The maximum atomic E-state index is 12.5. The number of allylic oxidation sites excluding steroid dienone is 1. The molecule has 0 radical (unpaired) electrons. The molecule has 37 heavy (non-hydrogen) atoms. The van der Waals surface area contributed by atoms with E-state index in [4.69, 9.17) is 18.9 Å². The Morgan fingerprint density at radius 2 is 1.81 bits per heavy atom. The number of rotatable bonds is 13. The van der Waals surface area contributed by atoms with E-state index >= 15 is 0 Å². The quantitative estimate of drug-likeness (QED) is 0.145. The summed E-state index contributed by atoms with van der Waals surface area (Å²) < 4.78 is 22.9. The number of nitrogens with one attached hydrogen (secondary N) is 1. The number of nitrogens with zero attached hydrogens (tertiary/aromatic N) is 3. The van der Waals surface area contributed by atoms with Gasteiger partial charge >= 0.3 is 0 Å². The molecular weight excluding hydrogens is 492 g/mol. The van der Waals surface area contributed by atoms with Crippen molar-refractivity contribution in [3.05, 3.63) is 70.8 Å². The van der Waals surface area contributed by atoms with E-state index in [9.17, 15) is 10.1 Å². The molecule has 0 saturated heterocycles. The fraction of sp³-hybridized carbons (Fsp3) is 0.259. The Morgan fingerprint density at radius 3 is 2.43 bits per heavy atom. The molecule has 0 aliphatic heterocycles. The van der Waals surface area contributed by atoms with Gasteiger partial charge < -0.3 is 18.9 Å². The maximum Gasteiger partial charge on any atom is 0.268 e. The summed E-state index contributed by atoms with van der Waals surface area (Å²) in [5.41, 5.74) is 1.61. The average molecular weight is 521 g/mol. The lowest BCUT2D eigenvalue weighted by Crippen LogP contribution is -2.13. The van der Waals surface area contributed by atoms with Crippen LogP contribution in [0.5, 0.6) is 23.0 Å². The first-order valence-electron chi connectivity index (χ1n) is 11.5. The van der Waals surface area contributed by atoms with Crippen molar-refractivity contribution in [2.24, 2.45) is 0 Å². The van der Waals surface area contributed by atoms with Gasteiger partial charge in [-0.1, -0.05) is 29.5 Å². The second kappa shape index (κ2) is 13.7. The number of amides is 1. The molecule has 1 heterocycles. The lowest BCUT2D eigenvalue weighted by Gasteiger charge is -2.14. The molecule has 3 aromatic rings. The molecule has 0 saturated carbocycles. The molecule has 9 nitrogen and oxygen atoms in total. The van der Waals surface area contributed by atoms with Crippen LogP contribution in [-0.2, 0) is 11.2 Å². The van der Waals surface area contributed by atoms with Crippen LogP contribution < -0.4 is 24.3 Å². The second-order valence-corrected chi connectivity index (χ2v) is 8.75. The van der Waals surface area contributed by atoms with Crippen molar-refractivity contribution in [3.63, 3.8) is 0 Å². The Bertz CT molecular complexity index is 1310. The van der Waals surface area contributed by atoms with Crippen LogP contribution in [0.25, 0.3) is 6.08 Å². The highest BCUT2D eigenvalue weighted by Crippen LogP contribution is 2.31. The minimum Gasteiger partial charge on any atom is -0.493 e. The standard InChI is InChI=1S/C27H28N4O5S/c1-5-7-19-8-10-22(24(15-19)33-4)35-12-13-36-23-11-9-20(16-25(23)34-6-2)14-21(17-28)26(32)29-27-31-30-18(3)37-27/h5,8-11,14-16H,1,6-7,12-13H2,2-4H3,(H,29,31,32)/b21-14-. The summed E-state index contributed by atoms with van der Waals surface area (Å²) in [4.78, 5) is 12.5. The summed E-state index contributed by atoms with van der Waals surface area (Å²) in [6.45, 7) is 8.35. The predicted molar refractivity (Wildman–Crippen MR) is 142 cm³/mol. The van der Waals surface area contributed by atoms with Gasteiger partial charge in [0.15, 0.2) is 23.0 Å². The van der Waals surface area contributed by atoms with Gasteiger partial charge in [-0.25, -0.2) is 0 Å². The van der Waals surface area contributed by atoms with Crippen molar-refractivity contribution >= 4 is 28.5 Å². The number of benzene rings is 2. The van der Waals surface area contributed by atoms with E-state index in [0.29, 0.717) is 45.3 Å². The Hall–Kier alpha value is -4.36. The summed E-state index contributed by atoms with van der Waals surface area (Å²) in [7, 11) is 1.60. The summed E-state index contributed by atoms with van der Waals surface area (Å²) in [6.07, 6.45) is 4.05. The lowest BCUT2D eigenvalue weighted by atomic mass is 10.1. The van der Waals surface area contributed by atoms with Gasteiger partial charge in [0.2, 0.25) is 5.13 Å². The zero-order valence-corrected chi connectivity index (χ0v) is 21.8. The van der Waals surface area contributed by atoms with Crippen molar-refractivity contribution < 1.29 is 23.7 Å². The molecule has 2 aromatic carbocycles. The molecule has 192 valence electrons. The van der Waals surface area contributed by atoms with Crippen LogP contribution in [0.2, 0.25) is 0 Å². The molecule has 1 N–H and O–H groups in total. The first-order valence-corrected chi connectivity index (χ1v) is 12.3. The molecule has 0 unspecified atom stereocenters. The van der Waals surface area contributed by atoms with Crippen LogP contribution in [0.15, 0.2) is 54.6 Å². The third-order valence-electron chi connectivity index (χ3n) is 4.90. The number of nitriles is 1. The van der Waals surface area contributed by atoms with E-state index < -0.39 is 5.91 Å². The smallest absolute Gasteiger partial charge is 0.268 e. The largest absolute Gasteiger partial charge is 0.493 e. The maximum absolute atomic E-state index is 12.5. The van der Waals surface area contributed by atoms with Gasteiger partial charge in [-0.3, -0.25) is 10.1 Å². The van der Waals surface area contributed by atoms with Crippen molar-refractivity contribution in [1.29, 1.82) is 5.26 Å². The van der Waals surface area contributed by atoms with Gasteiger partial charge in [-0.05, 0) is 61.7 Å². The van der Waals surface area contributed by atoms with Crippen LogP contribution in [0.4, 0.5) is 5.13 Å². The van der Waals surface area contributed by atoms with Crippen LogP contribution in [0, 0.1) is 18.3 Å². The normalized spacial score (nSPS) is 10.8. The molecule has 0 aliphatic carbocycles. The van der Waals surface area contributed by atoms with Crippen molar-refractivity contribution in [1.82, 2.24) is 10.2 Å². The van der Waals surface area contributed by atoms with Gasteiger partial charge in [-0.2, -0.15) is 5.26 Å². The van der Waals surface area contributed by atoms with Crippen molar-refractivity contribution in [3.8, 4) is 29.1 Å². The molecule has 10 heteroatoms. The molecule has 0 aliphatic rings. The van der Waals surface area contributed by atoms with Crippen molar-refractivity contribution in [2.75, 3.05) is 32.2 Å². The minimum atomic E-state index is -0.568.